The fourth-order valence-electron chi connectivity index (χ4n) is 0.490. The minimum atomic E-state index is -1.04. The van der Waals surface area contributed by atoms with Gasteiger partial charge in [0.2, 0.25) is 5.91 Å². The van der Waals surface area contributed by atoms with Gasteiger partial charge in [-0.2, -0.15) is 0 Å². The Morgan fingerprint density at radius 3 is 2.25 bits per heavy atom. The number of carbonyl (C=O) groups is 2. The number of primary amides is 1. The molecule has 0 unspecified atom stereocenters. The lowest BCUT2D eigenvalue weighted by Crippen LogP contribution is -2.52. The van der Waals surface area contributed by atoms with Gasteiger partial charge in [-0.15, -0.1) is 0 Å². The van der Waals surface area contributed by atoms with E-state index in [1.807, 2.05) is 0 Å². The molecule has 0 aliphatic heterocycles. The summed E-state index contributed by atoms with van der Waals surface area (Å²) < 4.78 is 0. The van der Waals surface area contributed by atoms with Crippen LogP contribution in [0.4, 0.5) is 0 Å². The van der Waals surface area contributed by atoms with Crippen molar-refractivity contribution < 1.29 is 9.59 Å². The number of amides is 2. The summed E-state index contributed by atoms with van der Waals surface area (Å²) in [5, 5.41) is 2.37. The van der Waals surface area contributed by atoms with Gasteiger partial charge in [-0.05, 0) is 26.7 Å². The van der Waals surface area contributed by atoms with E-state index in [9.17, 15) is 9.59 Å². The van der Waals surface area contributed by atoms with Crippen molar-refractivity contribution in [2.45, 2.75) is 26.3 Å². The van der Waals surface area contributed by atoms with E-state index in [0.717, 1.165) is 0 Å². The molecule has 66 valence electrons. The van der Waals surface area contributed by atoms with Gasteiger partial charge >= 0.3 is 0 Å². The average Bonchev–Trinajstić information content (AvgIpc) is 1.85. The van der Waals surface area contributed by atoms with Gasteiger partial charge < -0.3 is 11.1 Å². The molecule has 0 aromatic carbocycles. The molecule has 12 heavy (non-hydrogen) atoms. The van der Waals surface area contributed by atoms with Gasteiger partial charge in [-0.3, -0.25) is 9.59 Å². The molecule has 0 radical (unpaired) electrons. The van der Waals surface area contributed by atoms with Crippen molar-refractivity contribution in [3.05, 3.63) is 0 Å². The monoisotopic (exact) mass is 168 g/mol. The predicted molar refractivity (Wildman–Crippen MR) is 44.9 cm³/mol. The highest BCUT2D eigenvalue weighted by Crippen LogP contribution is 1.98. The van der Waals surface area contributed by atoms with Crippen molar-refractivity contribution in [3.8, 4) is 11.8 Å². The van der Waals surface area contributed by atoms with E-state index in [2.05, 4.69) is 17.2 Å². The quantitative estimate of drug-likeness (QED) is 0.540. The molecule has 0 aliphatic carbocycles. The van der Waals surface area contributed by atoms with Crippen LogP contribution < -0.4 is 11.1 Å². The Morgan fingerprint density at radius 2 is 1.92 bits per heavy atom. The Kier molecular flexibility index (Phi) is 3.30. The minimum absolute atomic E-state index is 0.499. The maximum absolute atomic E-state index is 10.9. The molecular weight excluding hydrogens is 156 g/mol. The van der Waals surface area contributed by atoms with Crippen molar-refractivity contribution >= 4 is 11.8 Å². The summed E-state index contributed by atoms with van der Waals surface area (Å²) in [6.45, 7) is 4.58. The molecule has 0 aromatic rings. The van der Waals surface area contributed by atoms with E-state index in [-0.39, 0.29) is 0 Å². The summed E-state index contributed by atoms with van der Waals surface area (Å²) in [5.41, 5.74) is 3.97. The number of carbonyl (C=O) groups excluding carboxylic acids is 2. The third-order valence-corrected chi connectivity index (χ3v) is 1.28. The Balaban J connectivity index is 4.32. The summed E-state index contributed by atoms with van der Waals surface area (Å²) >= 11 is 0. The molecule has 3 N–H and O–H groups in total. The molecule has 0 heterocycles. The van der Waals surface area contributed by atoms with E-state index in [1.165, 1.54) is 20.8 Å². The third kappa shape index (κ3) is 3.06. The fraction of sp³-hybridized carbons (Fsp3) is 0.500. The maximum Gasteiger partial charge on any atom is 0.296 e. The second-order valence-corrected chi connectivity index (χ2v) is 2.82. The highest BCUT2D eigenvalue weighted by Gasteiger charge is 2.25. The van der Waals surface area contributed by atoms with E-state index < -0.39 is 17.4 Å². The van der Waals surface area contributed by atoms with E-state index in [4.69, 9.17) is 5.73 Å². The normalized spacial score (nSPS) is 9.58. The lowest BCUT2D eigenvalue weighted by molar-refractivity contribution is -0.127. The first-order chi connectivity index (χ1) is 5.40. The molecule has 4 heteroatoms. The SMILES string of the molecule is CC#CC(=O)NC(C)(C)C(N)=O. The first-order valence-corrected chi connectivity index (χ1v) is 3.45. The van der Waals surface area contributed by atoms with Crippen LogP contribution in [0.1, 0.15) is 20.8 Å². The van der Waals surface area contributed by atoms with Crippen molar-refractivity contribution in [1.29, 1.82) is 0 Å². The third-order valence-electron chi connectivity index (χ3n) is 1.28. The van der Waals surface area contributed by atoms with Crippen molar-refractivity contribution in [1.82, 2.24) is 5.32 Å². The summed E-state index contributed by atoms with van der Waals surface area (Å²) in [7, 11) is 0. The van der Waals surface area contributed by atoms with Crippen LogP contribution in [-0.4, -0.2) is 17.4 Å². The van der Waals surface area contributed by atoms with E-state index in [0.29, 0.717) is 0 Å². The molecule has 0 bridgehead atoms. The zero-order valence-corrected chi connectivity index (χ0v) is 7.39. The lowest BCUT2D eigenvalue weighted by atomic mass is 10.1. The van der Waals surface area contributed by atoms with Crippen LogP contribution in [0, 0.1) is 11.8 Å². The number of nitrogens with two attached hydrogens (primary N) is 1. The van der Waals surface area contributed by atoms with Crippen molar-refractivity contribution in [2.75, 3.05) is 0 Å². The minimum Gasteiger partial charge on any atom is -0.368 e. The lowest BCUT2D eigenvalue weighted by Gasteiger charge is -2.20. The van der Waals surface area contributed by atoms with Gasteiger partial charge in [0.1, 0.15) is 5.54 Å². The standard InChI is InChI=1S/C8H12N2O2/c1-4-5-6(11)10-8(2,3)7(9)12/h1-3H3,(H2,9,12)(H,10,11). The van der Waals surface area contributed by atoms with Gasteiger partial charge in [-0.1, -0.05) is 5.92 Å². The molecule has 0 fully saturated rings. The molecule has 4 nitrogen and oxygen atoms in total. The van der Waals surface area contributed by atoms with Gasteiger partial charge in [0.15, 0.2) is 0 Å². The Labute approximate surface area is 71.5 Å². The van der Waals surface area contributed by atoms with Crippen molar-refractivity contribution in [2.24, 2.45) is 5.73 Å². The van der Waals surface area contributed by atoms with Crippen molar-refractivity contribution in [3.63, 3.8) is 0 Å². The van der Waals surface area contributed by atoms with Crippen LogP contribution in [0.5, 0.6) is 0 Å². The number of nitrogens with one attached hydrogen (secondary N) is 1. The molecule has 0 saturated heterocycles. The van der Waals surface area contributed by atoms with Crippen LogP contribution in [0.2, 0.25) is 0 Å². The first-order valence-electron chi connectivity index (χ1n) is 3.45. The number of hydrogen-bond acceptors (Lipinski definition) is 2. The molecule has 0 rings (SSSR count). The smallest absolute Gasteiger partial charge is 0.296 e. The number of hydrogen-bond donors (Lipinski definition) is 2. The van der Waals surface area contributed by atoms with E-state index >= 15 is 0 Å². The average molecular weight is 168 g/mol. The van der Waals surface area contributed by atoms with Crippen LogP contribution in [0.3, 0.4) is 0 Å². The molecule has 0 atom stereocenters. The van der Waals surface area contributed by atoms with Crippen LogP contribution in [0.25, 0.3) is 0 Å². The Bertz CT molecular complexity index is 258. The molecular formula is C8H12N2O2. The van der Waals surface area contributed by atoms with Gasteiger partial charge in [0.05, 0.1) is 0 Å². The summed E-state index contributed by atoms with van der Waals surface area (Å²) in [4.78, 5) is 21.6. The predicted octanol–water partition coefficient (Wildman–Crippen LogP) is -0.610. The van der Waals surface area contributed by atoms with Crippen LogP contribution >= 0.6 is 0 Å². The van der Waals surface area contributed by atoms with Crippen LogP contribution in [-0.2, 0) is 9.59 Å². The van der Waals surface area contributed by atoms with E-state index in [1.54, 1.807) is 0 Å². The van der Waals surface area contributed by atoms with Gasteiger partial charge in [-0.25, -0.2) is 0 Å². The number of rotatable bonds is 2. The first kappa shape index (κ1) is 10.5. The second kappa shape index (κ2) is 3.77. The summed E-state index contributed by atoms with van der Waals surface area (Å²) in [5.74, 6) is 3.58. The molecule has 0 saturated carbocycles. The maximum atomic E-state index is 10.9. The molecule has 0 spiro atoms. The van der Waals surface area contributed by atoms with Gasteiger partial charge in [0.25, 0.3) is 5.91 Å². The van der Waals surface area contributed by atoms with Crippen LogP contribution in [0.15, 0.2) is 0 Å². The summed E-state index contributed by atoms with van der Waals surface area (Å²) in [6, 6.07) is 0. The zero-order valence-electron chi connectivity index (χ0n) is 7.39. The molecule has 0 aliphatic rings. The topological polar surface area (TPSA) is 72.2 Å². The van der Waals surface area contributed by atoms with Gasteiger partial charge in [0, 0.05) is 0 Å². The zero-order chi connectivity index (χ0) is 9.78. The Hall–Kier alpha value is -1.50. The second-order valence-electron chi connectivity index (χ2n) is 2.82. The molecule has 2 amide bonds. The fourth-order valence-corrected chi connectivity index (χ4v) is 0.490. The largest absolute Gasteiger partial charge is 0.368 e. The molecule has 0 aromatic heterocycles. The Morgan fingerprint density at radius 1 is 1.42 bits per heavy atom. The highest BCUT2D eigenvalue weighted by molar-refractivity contribution is 5.98. The highest BCUT2D eigenvalue weighted by atomic mass is 16.2. The summed E-state index contributed by atoms with van der Waals surface area (Å²) in [6.07, 6.45) is 0.